The lowest BCUT2D eigenvalue weighted by Crippen LogP contribution is -2.52. The van der Waals surface area contributed by atoms with Gasteiger partial charge in [-0.05, 0) is 43.7 Å². The van der Waals surface area contributed by atoms with Crippen LogP contribution in [0.5, 0.6) is 5.75 Å². The zero-order chi connectivity index (χ0) is 27.6. The lowest BCUT2D eigenvalue weighted by atomic mass is 9.82. The van der Waals surface area contributed by atoms with Gasteiger partial charge in [0.2, 0.25) is 0 Å². The predicted octanol–water partition coefficient (Wildman–Crippen LogP) is 2.92. The van der Waals surface area contributed by atoms with Gasteiger partial charge >= 0.3 is 0 Å². The number of aliphatic hydroxyl groups excluding tert-OH is 1. The quantitative estimate of drug-likeness (QED) is 0.230. The maximum atomic E-state index is 14.3. The van der Waals surface area contributed by atoms with Crippen molar-refractivity contribution in [1.29, 1.82) is 0 Å². The Morgan fingerprint density at radius 1 is 1.08 bits per heavy atom. The molecule has 204 valence electrons. The van der Waals surface area contributed by atoms with Crippen LogP contribution >= 0.6 is 0 Å². The topological polar surface area (TPSA) is 99.6 Å². The normalized spacial score (nSPS) is 22.5. The number of fused-ring (bicyclic) bond motifs is 2. The molecule has 2 aromatic rings. The number of morpholine rings is 1. The monoisotopic (exact) mass is 531 g/mol. The summed E-state index contributed by atoms with van der Waals surface area (Å²) in [5, 5.41) is 11.6. The highest BCUT2D eigenvalue weighted by Crippen LogP contribution is 2.53. The average Bonchev–Trinajstić information content (AvgIpc) is 3.35. The fourth-order valence-corrected chi connectivity index (χ4v) is 5.77. The summed E-state index contributed by atoms with van der Waals surface area (Å²) >= 11 is 0. The number of likely N-dealkylation sites (tertiary alicyclic amines) is 1. The Morgan fingerprint density at radius 3 is 2.49 bits per heavy atom. The molecular formula is C30H33N3O6. The molecule has 0 aliphatic carbocycles. The number of anilines is 1. The molecule has 2 saturated heterocycles. The van der Waals surface area contributed by atoms with Crippen molar-refractivity contribution in [2.24, 2.45) is 0 Å². The summed E-state index contributed by atoms with van der Waals surface area (Å²) in [5.41, 5.74) is -0.480. The number of ketones is 1. The Morgan fingerprint density at radius 2 is 1.79 bits per heavy atom. The van der Waals surface area contributed by atoms with Crippen molar-refractivity contribution in [1.82, 2.24) is 9.80 Å². The second-order valence-corrected chi connectivity index (χ2v) is 9.72. The van der Waals surface area contributed by atoms with Crippen LogP contribution in [0, 0.1) is 0 Å². The summed E-state index contributed by atoms with van der Waals surface area (Å²) in [4.78, 5) is 46.8. The summed E-state index contributed by atoms with van der Waals surface area (Å²) < 4.78 is 11.0. The van der Waals surface area contributed by atoms with Crippen LogP contribution in [0.3, 0.4) is 0 Å². The van der Waals surface area contributed by atoms with Crippen LogP contribution in [0.25, 0.3) is 5.76 Å². The van der Waals surface area contributed by atoms with Crippen molar-refractivity contribution in [3.8, 4) is 5.75 Å². The largest absolute Gasteiger partial charge is 0.507 e. The molecule has 3 heterocycles. The van der Waals surface area contributed by atoms with E-state index in [-0.39, 0.29) is 17.9 Å². The summed E-state index contributed by atoms with van der Waals surface area (Å²) in [7, 11) is 0. The highest BCUT2D eigenvalue weighted by atomic mass is 16.5. The fraction of sp³-hybridized carbons (Fsp3) is 0.367. The number of carbonyl (C=O) groups excluding carboxylic acids is 3. The molecule has 1 N–H and O–H groups in total. The Balaban J connectivity index is 1.60. The molecule has 0 radical (unpaired) electrons. The molecule has 9 heteroatoms. The number of ether oxygens (including phenoxy) is 2. The van der Waals surface area contributed by atoms with Gasteiger partial charge in [-0.15, -0.1) is 0 Å². The SMILES string of the molecule is C=CCOc1ccc(C(O)=C2C(=O)C(=O)N(CCCN3CCOCC3)[C@@]23C(=O)N(CC)c2ccccc23)cc1. The van der Waals surface area contributed by atoms with Crippen LogP contribution in [0.4, 0.5) is 5.69 Å². The third-order valence-corrected chi connectivity index (χ3v) is 7.58. The molecule has 0 unspecified atom stereocenters. The number of aliphatic hydroxyl groups is 1. The maximum Gasteiger partial charge on any atom is 0.296 e. The number of hydrogen-bond acceptors (Lipinski definition) is 7. The number of Topliss-reactive ketones (excluding diaryl/α,β-unsaturated/α-hetero) is 1. The van der Waals surface area contributed by atoms with E-state index in [2.05, 4.69) is 11.5 Å². The molecule has 2 fully saturated rings. The molecule has 39 heavy (non-hydrogen) atoms. The number of amides is 2. The lowest BCUT2D eigenvalue weighted by Gasteiger charge is -2.35. The Kier molecular flexibility index (Phi) is 7.54. The second kappa shape index (κ2) is 11.0. The molecule has 3 aliphatic heterocycles. The van der Waals surface area contributed by atoms with E-state index in [1.165, 1.54) is 4.90 Å². The van der Waals surface area contributed by atoms with E-state index in [0.29, 0.717) is 61.9 Å². The maximum absolute atomic E-state index is 14.3. The van der Waals surface area contributed by atoms with Crippen molar-refractivity contribution in [2.75, 3.05) is 57.4 Å². The van der Waals surface area contributed by atoms with E-state index >= 15 is 0 Å². The lowest BCUT2D eigenvalue weighted by molar-refractivity contribution is -0.143. The van der Waals surface area contributed by atoms with Gasteiger partial charge in [-0.25, -0.2) is 0 Å². The van der Waals surface area contributed by atoms with Crippen LogP contribution in [0.2, 0.25) is 0 Å². The first-order valence-electron chi connectivity index (χ1n) is 13.3. The van der Waals surface area contributed by atoms with Crippen LogP contribution in [0.1, 0.15) is 24.5 Å². The zero-order valence-corrected chi connectivity index (χ0v) is 22.1. The van der Waals surface area contributed by atoms with Gasteiger partial charge in [0.1, 0.15) is 18.1 Å². The van der Waals surface area contributed by atoms with Crippen molar-refractivity contribution in [2.45, 2.75) is 18.9 Å². The molecule has 0 saturated carbocycles. The Labute approximate surface area is 227 Å². The van der Waals surface area contributed by atoms with Crippen molar-refractivity contribution in [3.63, 3.8) is 0 Å². The van der Waals surface area contributed by atoms with E-state index < -0.39 is 23.1 Å². The minimum absolute atomic E-state index is 0.185. The first kappa shape index (κ1) is 26.6. The third-order valence-electron chi connectivity index (χ3n) is 7.58. The standard InChI is InChI=1S/C30H33N3O6/c1-3-18-39-22-12-10-21(11-13-22)26(34)25-27(35)28(36)33(15-7-14-31-16-19-38-20-17-31)30(25)23-8-5-6-9-24(23)32(4-2)29(30)37/h3,5-6,8-13,34H,1,4,7,14-20H2,2H3/t30-/m1/s1. The highest BCUT2D eigenvalue weighted by molar-refractivity contribution is 6.50. The molecule has 2 aromatic carbocycles. The number of hydrogen-bond donors (Lipinski definition) is 1. The van der Waals surface area contributed by atoms with Gasteiger partial charge in [0, 0.05) is 43.9 Å². The Bertz CT molecular complexity index is 1310. The van der Waals surface area contributed by atoms with Crippen LogP contribution in [0.15, 0.2) is 66.8 Å². The van der Waals surface area contributed by atoms with Gasteiger partial charge in [0.25, 0.3) is 17.6 Å². The zero-order valence-electron chi connectivity index (χ0n) is 22.1. The van der Waals surface area contributed by atoms with E-state index in [0.717, 1.165) is 13.1 Å². The molecule has 1 atom stereocenters. The van der Waals surface area contributed by atoms with E-state index in [1.54, 1.807) is 47.4 Å². The van der Waals surface area contributed by atoms with Gasteiger partial charge in [0.05, 0.1) is 24.5 Å². The fourth-order valence-electron chi connectivity index (χ4n) is 5.77. The molecular weight excluding hydrogens is 498 g/mol. The molecule has 5 rings (SSSR count). The van der Waals surface area contributed by atoms with Crippen molar-refractivity contribution < 1.29 is 29.0 Å². The molecule has 2 amide bonds. The number of carbonyl (C=O) groups is 3. The minimum Gasteiger partial charge on any atom is -0.507 e. The van der Waals surface area contributed by atoms with Gasteiger partial charge in [-0.1, -0.05) is 30.9 Å². The molecule has 1 spiro atoms. The van der Waals surface area contributed by atoms with Crippen LogP contribution in [-0.2, 0) is 24.7 Å². The van der Waals surface area contributed by atoms with Crippen molar-refractivity contribution >= 4 is 29.0 Å². The third kappa shape index (κ3) is 4.41. The summed E-state index contributed by atoms with van der Waals surface area (Å²) in [6.45, 7) is 9.93. The first-order valence-corrected chi connectivity index (χ1v) is 13.3. The summed E-state index contributed by atoms with van der Waals surface area (Å²) in [5.74, 6) is -1.90. The van der Waals surface area contributed by atoms with E-state index in [9.17, 15) is 19.5 Å². The molecule has 0 bridgehead atoms. The summed E-state index contributed by atoms with van der Waals surface area (Å²) in [6, 6.07) is 13.7. The molecule has 3 aliphatic rings. The second-order valence-electron chi connectivity index (χ2n) is 9.72. The van der Waals surface area contributed by atoms with E-state index in [4.69, 9.17) is 9.47 Å². The summed E-state index contributed by atoms with van der Waals surface area (Å²) in [6.07, 6.45) is 2.18. The number of para-hydroxylation sites is 1. The van der Waals surface area contributed by atoms with Gasteiger partial charge in [-0.3, -0.25) is 19.3 Å². The first-order chi connectivity index (χ1) is 18.9. The van der Waals surface area contributed by atoms with Crippen molar-refractivity contribution in [3.05, 3.63) is 77.9 Å². The smallest absolute Gasteiger partial charge is 0.296 e. The Hall–Kier alpha value is -3.95. The molecule has 9 nitrogen and oxygen atoms in total. The van der Waals surface area contributed by atoms with Crippen LogP contribution < -0.4 is 9.64 Å². The number of benzene rings is 2. The number of rotatable bonds is 9. The van der Waals surface area contributed by atoms with Gasteiger partial charge in [-0.2, -0.15) is 0 Å². The molecule has 0 aromatic heterocycles. The predicted molar refractivity (Wildman–Crippen MR) is 146 cm³/mol. The average molecular weight is 532 g/mol. The van der Waals surface area contributed by atoms with Gasteiger partial charge < -0.3 is 24.4 Å². The number of likely N-dealkylation sites (N-methyl/N-ethyl adjacent to an activating group) is 1. The highest BCUT2D eigenvalue weighted by Gasteiger charge is 2.66. The number of nitrogens with zero attached hydrogens (tertiary/aromatic N) is 3. The van der Waals surface area contributed by atoms with Crippen LogP contribution in [-0.4, -0.2) is 85.0 Å². The minimum atomic E-state index is -1.74. The van der Waals surface area contributed by atoms with Gasteiger partial charge in [0.15, 0.2) is 5.54 Å². The van der Waals surface area contributed by atoms with E-state index in [1.807, 2.05) is 19.1 Å².